The maximum absolute atomic E-state index is 12.9. The van der Waals surface area contributed by atoms with Gasteiger partial charge in [-0.25, -0.2) is 13.1 Å². The molecule has 0 unspecified atom stereocenters. The van der Waals surface area contributed by atoms with Gasteiger partial charge in [0.25, 0.3) is 0 Å². The van der Waals surface area contributed by atoms with Gasteiger partial charge in [0.2, 0.25) is 15.9 Å². The number of carbonyl (C=O) groups excluding carboxylic acids is 1. The highest BCUT2D eigenvalue weighted by Crippen LogP contribution is 2.37. The fraction of sp³-hybridized carbons (Fsp3) is 0.364. The number of ether oxygens (including phenoxy) is 2. The summed E-state index contributed by atoms with van der Waals surface area (Å²) < 4.78 is 39.0. The van der Waals surface area contributed by atoms with Crippen molar-refractivity contribution in [2.75, 3.05) is 26.3 Å². The van der Waals surface area contributed by atoms with Crippen molar-refractivity contribution in [2.24, 2.45) is 0 Å². The minimum atomic E-state index is -3.98. The number of nitrogens with zero attached hydrogens (tertiary/aromatic N) is 2. The molecule has 0 saturated carbocycles. The second-order valence-electron chi connectivity index (χ2n) is 7.43. The predicted octanol–water partition coefficient (Wildman–Crippen LogP) is 2.36. The third-order valence-corrected chi connectivity index (χ3v) is 6.90. The van der Waals surface area contributed by atoms with Crippen molar-refractivity contribution in [1.29, 1.82) is 5.26 Å². The van der Waals surface area contributed by atoms with E-state index >= 15 is 0 Å². The van der Waals surface area contributed by atoms with Crippen LogP contribution in [0.15, 0.2) is 47.4 Å². The number of nitrogens with one attached hydrogen (secondary N) is 1. The van der Waals surface area contributed by atoms with Crippen molar-refractivity contribution < 1.29 is 22.7 Å². The number of fused-ring (bicyclic) bond motifs is 1. The van der Waals surface area contributed by atoms with Gasteiger partial charge in [-0.1, -0.05) is 18.2 Å². The highest BCUT2D eigenvalue weighted by atomic mass is 32.2. The summed E-state index contributed by atoms with van der Waals surface area (Å²) in [6.45, 7) is 1.36. The van der Waals surface area contributed by atoms with Crippen molar-refractivity contribution >= 4 is 15.9 Å². The molecule has 9 heteroatoms. The largest absolute Gasteiger partial charge is 0.490 e. The van der Waals surface area contributed by atoms with E-state index in [1.54, 1.807) is 11.0 Å². The number of sulfonamides is 1. The normalized spacial score (nSPS) is 18.3. The first kappa shape index (κ1) is 21.2. The van der Waals surface area contributed by atoms with Crippen LogP contribution in [-0.2, 0) is 14.8 Å². The van der Waals surface area contributed by atoms with Crippen LogP contribution in [0, 0.1) is 11.3 Å². The summed E-state index contributed by atoms with van der Waals surface area (Å²) in [6.07, 6.45) is 2.43. The molecule has 2 aromatic rings. The Hall–Kier alpha value is -3.09. The Labute approximate surface area is 181 Å². The molecule has 2 heterocycles. The zero-order valence-corrected chi connectivity index (χ0v) is 17.7. The van der Waals surface area contributed by atoms with E-state index in [0.29, 0.717) is 31.3 Å². The number of likely N-dealkylation sites (tertiary alicyclic amines) is 1. The zero-order valence-electron chi connectivity index (χ0n) is 16.9. The van der Waals surface area contributed by atoms with Gasteiger partial charge >= 0.3 is 0 Å². The molecule has 2 aromatic carbocycles. The van der Waals surface area contributed by atoms with Gasteiger partial charge in [0.1, 0.15) is 6.07 Å². The molecular weight excluding hydrogens is 418 g/mol. The monoisotopic (exact) mass is 441 g/mol. The van der Waals surface area contributed by atoms with E-state index < -0.39 is 10.0 Å². The molecule has 31 heavy (non-hydrogen) atoms. The molecule has 162 valence electrons. The molecule has 8 nitrogen and oxygen atoms in total. The lowest BCUT2D eigenvalue weighted by Gasteiger charge is -2.26. The van der Waals surface area contributed by atoms with E-state index in [-0.39, 0.29) is 29.0 Å². The van der Waals surface area contributed by atoms with Crippen LogP contribution < -0.4 is 14.2 Å². The van der Waals surface area contributed by atoms with Crippen LogP contribution in [0.2, 0.25) is 0 Å². The summed E-state index contributed by atoms with van der Waals surface area (Å²) in [5.74, 6) is 1.05. The van der Waals surface area contributed by atoms with Gasteiger partial charge in [0, 0.05) is 13.0 Å². The lowest BCUT2D eigenvalue weighted by atomic mass is 10.0. The van der Waals surface area contributed by atoms with Gasteiger partial charge in [0.15, 0.2) is 11.5 Å². The molecule has 0 aliphatic carbocycles. The second kappa shape index (κ2) is 8.96. The SMILES string of the molecule is N#Cc1ccccc1S(=O)(=O)NCC(=O)N1CCC[C@H]1c1ccc2c(c1)OCCCO2. The topological polar surface area (TPSA) is 109 Å². The number of rotatable bonds is 5. The molecule has 1 fully saturated rings. The van der Waals surface area contributed by atoms with Crippen LogP contribution in [0.3, 0.4) is 0 Å². The summed E-state index contributed by atoms with van der Waals surface area (Å²) in [5.41, 5.74) is 0.974. The third-order valence-electron chi connectivity index (χ3n) is 5.44. The van der Waals surface area contributed by atoms with Crippen molar-refractivity contribution in [3.05, 3.63) is 53.6 Å². The van der Waals surface area contributed by atoms with E-state index in [2.05, 4.69) is 4.72 Å². The zero-order chi connectivity index (χ0) is 21.8. The first-order valence-corrected chi connectivity index (χ1v) is 11.7. The third kappa shape index (κ3) is 4.50. The number of hydrogen-bond acceptors (Lipinski definition) is 6. The second-order valence-corrected chi connectivity index (χ2v) is 9.17. The molecule has 0 bridgehead atoms. The average Bonchev–Trinajstić information content (AvgIpc) is 3.16. The molecule has 1 atom stereocenters. The number of carbonyl (C=O) groups is 1. The minimum absolute atomic E-state index is 0.0358. The Morgan fingerprint density at radius 2 is 1.90 bits per heavy atom. The van der Waals surface area contributed by atoms with Gasteiger partial charge < -0.3 is 14.4 Å². The molecule has 0 radical (unpaired) electrons. The van der Waals surface area contributed by atoms with Crippen LogP contribution in [0.4, 0.5) is 0 Å². The lowest BCUT2D eigenvalue weighted by molar-refractivity contribution is -0.130. The predicted molar refractivity (Wildman–Crippen MR) is 112 cm³/mol. The molecule has 4 rings (SSSR count). The molecule has 1 saturated heterocycles. The van der Waals surface area contributed by atoms with Gasteiger partial charge in [0.05, 0.1) is 36.3 Å². The highest BCUT2D eigenvalue weighted by molar-refractivity contribution is 7.89. The Balaban J connectivity index is 1.47. The Kier molecular flexibility index (Phi) is 6.11. The fourth-order valence-corrected chi connectivity index (χ4v) is 5.06. The summed E-state index contributed by atoms with van der Waals surface area (Å²) in [7, 11) is -3.98. The average molecular weight is 442 g/mol. The number of amides is 1. The van der Waals surface area contributed by atoms with E-state index in [0.717, 1.165) is 24.8 Å². The lowest BCUT2D eigenvalue weighted by Crippen LogP contribution is -2.40. The molecule has 1 amide bonds. The van der Waals surface area contributed by atoms with Gasteiger partial charge in [-0.3, -0.25) is 4.79 Å². The summed E-state index contributed by atoms with van der Waals surface area (Å²) in [5, 5.41) is 9.16. The summed E-state index contributed by atoms with van der Waals surface area (Å²) in [4.78, 5) is 14.4. The summed E-state index contributed by atoms with van der Waals surface area (Å²) in [6, 6.07) is 13.3. The van der Waals surface area contributed by atoms with Crippen molar-refractivity contribution in [1.82, 2.24) is 9.62 Å². The quantitative estimate of drug-likeness (QED) is 0.763. The van der Waals surface area contributed by atoms with Crippen molar-refractivity contribution in [3.8, 4) is 17.6 Å². The maximum Gasteiger partial charge on any atom is 0.242 e. The smallest absolute Gasteiger partial charge is 0.242 e. The number of hydrogen-bond donors (Lipinski definition) is 1. The van der Waals surface area contributed by atoms with Crippen LogP contribution in [0.25, 0.3) is 0 Å². The molecule has 1 N–H and O–H groups in total. The van der Waals surface area contributed by atoms with Crippen LogP contribution in [-0.4, -0.2) is 45.5 Å². The molecular formula is C22H23N3O5S. The fourth-order valence-electron chi connectivity index (χ4n) is 3.93. The van der Waals surface area contributed by atoms with Crippen LogP contribution >= 0.6 is 0 Å². The minimum Gasteiger partial charge on any atom is -0.490 e. The standard InChI is InChI=1S/C22H23N3O5S/c23-14-17-5-1-2-7-21(17)31(27,28)24-15-22(26)25-10-3-6-18(25)16-8-9-19-20(13-16)30-12-4-11-29-19/h1-2,5,7-9,13,18,24H,3-4,6,10-12,15H2/t18-/m0/s1. The number of benzene rings is 2. The number of nitriles is 1. The molecule has 2 aliphatic heterocycles. The van der Waals surface area contributed by atoms with E-state index in [4.69, 9.17) is 14.7 Å². The molecule has 0 aromatic heterocycles. The van der Waals surface area contributed by atoms with E-state index in [9.17, 15) is 13.2 Å². The van der Waals surface area contributed by atoms with Gasteiger partial charge in [-0.2, -0.15) is 5.26 Å². The Morgan fingerprint density at radius 1 is 1.13 bits per heavy atom. The Bertz CT molecular complexity index is 1130. The van der Waals surface area contributed by atoms with Gasteiger partial charge in [-0.05, 0) is 42.7 Å². The Morgan fingerprint density at radius 3 is 2.71 bits per heavy atom. The first-order chi connectivity index (χ1) is 15.0. The van der Waals surface area contributed by atoms with Crippen LogP contribution in [0.1, 0.15) is 36.4 Å². The molecule has 2 aliphatic rings. The van der Waals surface area contributed by atoms with E-state index in [1.165, 1.54) is 18.2 Å². The first-order valence-electron chi connectivity index (χ1n) is 10.2. The molecule has 0 spiro atoms. The maximum atomic E-state index is 12.9. The van der Waals surface area contributed by atoms with Crippen molar-refractivity contribution in [3.63, 3.8) is 0 Å². The summed E-state index contributed by atoms with van der Waals surface area (Å²) >= 11 is 0. The van der Waals surface area contributed by atoms with Gasteiger partial charge in [-0.15, -0.1) is 0 Å². The van der Waals surface area contributed by atoms with Crippen molar-refractivity contribution in [2.45, 2.75) is 30.2 Å². The highest BCUT2D eigenvalue weighted by Gasteiger charge is 2.31. The van der Waals surface area contributed by atoms with Crippen LogP contribution in [0.5, 0.6) is 11.5 Å². The van der Waals surface area contributed by atoms with E-state index in [1.807, 2.05) is 24.3 Å².